The number of ether oxygens (including phenoxy) is 2. The van der Waals surface area contributed by atoms with Crippen LogP contribution in [0.5, 0.6) is 17.4 Å². The summed E-state index contributed by atoms with van der Waals surface area (Å²) in [5.74, 6) is 2.54. The molecule has 3 heterocycles. The summed E-state index contributed by atoms with van der Waals surface area (Å²) in [6.07, 6.45) is 7.59. The SMILES string of the molecule is COc1ccc(Oc2nc(-c3ccncc3)ncc2NC[C@@H]2CCCN2)cc1. The monoisotopic (exact) mass is 377 g/mol. The standard InChI is InChI=1S/C21H23N5O2/c1-27-17-4-6-18(7-5-17)28-21-19(24-13-16-3-2-10-23-16)14-25-20(26-21)15-8-11-22-12-9-15/h4-9,11-12,14,16,23-24H,2-3,10,13H2,1H3/t16-/m0/s1. The maximum atomic E-state index is 6.08. The number of pyridine rings is 1. The van der Waals surface area contributed by atoms with Crippen LogP contribution in [0.3, 0.4) is 0 Å². The Hall–Kier alpha value is -3.19. The molecule has 0 amide bonds. The Morgan fingerprint density at radius 2 is 1.89 bits per heavy atom. The van der Waals surface area contributed by atoms with Crippen molar-refractivity contribution < 1.29 is 9.47 Å². The summed E-state index contributed by atoms with van der Waals surface area (Å²) in [7, 11) is 1.64. The van der Waals surface area contributed by atoms with Crippen molar-refractivity contribution in [3.05, 3.63) is 55.0 Å². The van der Waals surface area contributed by atoms with Crippen LogP contribution in [0.2, 0.25) is 0 Å². The molecule has 0 bridgehead atoms. The van der Waals surface area contributed by atoms with Gasteiger partial charge in [0, 0.05) is 30.5 Å². The molecule has 1 fully saturated rings. The van der Waals surface area contributed by atoms with Gasteiger partial charge in [0.05, 0.1) is 13.3 Å². The van der Waals surface area contributed by atoms with E-state index in [0.717, 1.165) is 36.5 Å². The first-order valence-electron chi connectivity index (χ1n) is 9.38. The van der Waals surface area contributed by atoms with Gasteiger partial charge in [-0.2, -0.15) is 4.98 Å². The van der Waals surface area contributed by atoms with E-state index >= 15 is 0 Å². The van der Waals surface area contributed by atoms with Crippen molar-refractivity contribution in [2.75, 3.05) is 25.5 Å². The predicted molar refractivity (Wildman–Crippen MR) is 108 cm³/mol. The van der Waals surface area contributed by atoms with Gasteiger partial charge in [-0.05, 0) is 55.8 Å². The Kier molecular flexibility index (Phi) is 5.63. The number of nitrogens with zero attached hydrogens (tertiary/aromatic N) is 3. The van der Waals surface area contributed by atoms with Gasteiger partial charge in [-0.3, -0.25) is 4.98 Å². The maximum Gasteiger partial charge on any atom is 0.246 e. The summed E-state index contributed by atoms with van der Waals surface area (Å²) in [6.45, 7) is 1.87. The van der Waals surface area contributed by atoms with Crippen molar-refractivity contribution in [1.82, 2.24) is 20.3 Å². The van der Waals surface area contributed by atoms with Crippen LogP contribution in [0.15, 0.2) is 55.0 Å². The summed E-state index contributed by atoms with van der Waals surface area (Å²) < 4.78 is 11.3. The number of methoxy groups -OCH3 is 1. The minimum atomic E-state index is 0.453. The molecule has 7 nitrogen and oxygen atoms in total. The van der Waals surface area contributed by atoms with Gasteiger partial charge in [0.1, 0.15) is 17.2 Å². The second-order valence-corrected chi connectivity index (χ2v) is 6.60. The topological polar surface area (TPSA) is 81.2 Å². The molecule has 3 aromatic rings. The predicted octanol–water partition coefficient (Wildman–Crippen LogP) is 3.50. The molecule has 1 atom stereocenters. The van der Waals surface area contributed by atoms with Crippen molar-refractivity contribution in [2.24, 2.45) is 0 Å². The molecule has 0 unspecified atom stereocenters. The summed E-state index contributed by atoms with van der Waals surface area (Å²) in [4.78, 5) is 13.2. The van der Waals surface area contributed by atoms with Gasteiger partial charge in [-0.25, -0.2) is 4.98 Å². The summed E-state index contributed by atoms with van der Waals surface area (Å²) in [6, 6.07) is 11.6. The number of hydrogen-bond acceptors (Lipinski definition) is 7. The van der Waals surface area contributed by atoms with Gasteiger partial charge in [-0.15, -0.1) is 0 Å². The Balaban J connectivity index is 1.59. The van der Waals surface area contributed by atoms with Gasteiger partial charge in [0.25, 0.3) is 0 Å². The Bertz CT molecular complexity index is 896. The maximum absolute atomic E-state index is 6.08. The van der Waals surface area contributed by atoms with Gasteiger partial charge in [0.15, 0.2) is 5.82 Å². The second kappa shape index (κ2) is 8.67. The average molecular weight is 377 g/mol. The van der Waals surface area contributed by atoms with Gasteiger partial charge in [0.2, 0.25) is 5.88 Å². The molecule has 1 saturated heterocycles. The third kappa shape index (κ3) is 4.37. The van der Waals surface area contributed by atoms with Crippen molar-refractivity contribution in [3.8, 4) is 28.8 Å². The average Bonchev–Trinajstić information content (AvgIpc) is 3.28. The molecule has 0 saturated carbocycles. The molecule has 0 aliphatic carbocycles. The van der Waals surface area contributed by atoms with Gasteiger partial charge in [-0.1, -0.05) is 0 Å². The van der Waals surface area contributed by atoms with E-state index in [9.17, 15) is 0 Å². The molecule has 1 aromatic carbocycles. The molecular weight excluding hydrogens is 354 g/mol. The fourth-order valence-electron chi connectivity index (χ4n) is 3.12. The molecule has 2 aromatic heterocycles. The van der Waals surface area contributed by atoms with Crippen LogP contribution >= 0.6 is 0 Å². The first kappa shape index (κ1) is 18.2. The van der Waals surface area contributed by atoms with E-state index in [1.54, 1.807) is 25.7 Å². The quantitative estimate of drug-likeness (QED) is 0.652. The first-order chi connectivity index (χ1) is 13.8. The van der Waals surface area contributed by atoms with E-state index in [-0.39, 0.29) is 0 Å². The Morgan fingerprint density at radius 1 is 1.11 bits per heavy atom. The number of rotatable bonds is 7. The second-order valence-electron chi connectivity index (χ2n) is 6.60. The highest BCUT2D eigenvalue weighted by atomic mass is 16.5. The van der Waals surface area contributed by atoms with E-state index in [1.807, 2.05) is 36.4 Å². The van der Waals surface area contributed by atoms with E-state index in [1.165, 1.54) is 6.42 Å². The van der Waals surface area contributed by atoms with E-state index in [0.29, 0.717) is 23.5 Å². The third-order valence-electron chi connectivity index (χ3n) is 4.67. The zero-order valence-electron chi connectivity index (χ0n) is 15.8. The molecule has 1 aliphatic rings. The van der Waals surface area contributed by atoms with Crippen molar-refractivity contribution in [3.63, 3.8) is 0 Å². The molecule has 144 valence electrons. The summed E-state index contributed by atoms with van der Waals surface area (Å²) in [5, 5.41) is 6.91. The number of anilines is 1. The van der Waals surface area contributed by atoms with Crippen LogP contribution in [0.25, 0.3) is 11.4 Å². The Morgan fingerprint density at radius 3 is 2.61 bits per heavy atom. The highest BCUT2D eigenvalue weighted by Gasteiger charge is 2.16. The van der Waals surface area contributed by atoms with E-state index in [4.69, 9.17) is 9.47 Å². The van der Waals surface area contributed by atoms with Crippen molar-refractivity contribution >= 4 is 5.69 Å². The normalized spacial score (nSPS) is 16.0. The minimum Gasteiger partial charge on any atom is -0.497 e. The highest BCUT2D eigenvalue weighted by Crippen LogP contribution is 2.30. The van der Waals surface area contributed by atoms with Crippen LogP contribution in [-0.4, -0.2) is 41.2 Å². The Labute approximate surface area is 164 Å². The van der Waals surface area contributed by atoms with E-state index in [2.05, 4.69) is 25.6 Å². The molecule has 0 spiro atoms. The van der Waals surface area contributed by atoms with Crippen LogP contribution in [0.1, 0.15) is 12.8 Å². The number of nitrogens with one attached hydrogen (secondary N) is 2. The van der Waals surface area contributed by atoms with Gasteiger partial charge < -0.3 is 20.1 Å². The molecular formula is C21H23N5O2. The fourth-order valence-corrected chi connectivity index (χ4v) is 3.12. The molecule has 4 rings (SSSR count). The lowest BCUT2D eigenvalue weighted by Crippen LogP contribution is -2.29. The summed E-state index contributed by atoms with van der Waals surface area (Å²) >= 11 is 0. The molecule has 28 heavy (non-hydrogen) atoms. The molecule has 1 aliphatic heterocycles. The van der Waals surface area contributed by atoms with Crippen LogP contribution in [0.4, 0.5) is 5.69 Å². The van der Waals surface area contributed by atoms with Crippen molar-refractivity contribution in [1.29, 1.82) is 0 Å². The first-order valence-corrected chi connectivity index (χ1v) is 9.38. The molecule has 0 radical (unpaired) electrons. The largest absolute Gasteiger partial charge is 0.497 e. The zero-order valence-corrected chi connectivity index (χ0v) is 15.8. The smallest absolute Gasteiger partial charge is 0.246 e. The van der Waals surface area contributed by atoms with Crippen LogP contribution < -0.4 is 20.1 Å². The number of aromatic nitrogens is 3. The fraction of sp³-hybridized carbons (Fsp3) is 0.286. The highest BCUT2D eigenvalue weighted by molar-refractivity contribution is 5.60. The van der Waals surface area contributed by atoms with Crippen LogP contribution in [-0.2, 0) is 0 Å². The third-order valence-corrected chi connectivity index (χ3v) is 4.67. The lowest BCUT2D eigenvalue weighted by Gasteiger charge is -2.16. The van der Waals surface area contributed by atoms with Crippen molar-refractivity contribution in [2.45, 2.75) is 18.9 Å². The van der Waals surface area contributed by atoms with E-state index < -0.39 is 0 Å². The number of benzene rings is 1. The molecule has 7 heteroatoms. The van der Waals surface area contributed by atoms with Gasteiger partial charge >= 0.3 is 0 Å². The molecule has 2 N–H and O–H groups in total. The zero-order chi connectivity index (χ0) is 19.2. The number of hydrogen-bond donors (Lipinski definition) is 2. The lowest BCUT2D eigenvalue weighted by molar-refractivity contribution is 0.412. The van der Waals surface area contributed by atoms with Crippen LogP contribution in [0, 0.1) is 0 Å². The summed E-state index contributed by atoms with van der Waals surface area (Å²) in [5.41, 5.74) is 1.65. The minimum absolute atomic E-state index is 0.453. The lowest BCUT2D eigenvalue weighted by atomic mass is 10.2.